The molecule has 0 atom stereocenters. The molecule has 1 heterocycles. The molecule has 2 amide bonds. The smallest absolute Gasteiger partial charge is 0.274 e. The second-order valence-corrected chi connectivity index (χ2v) is 4.33. The number of nitrogens with one attached hydrogen (secondary N) is 1. The number of hydrogen-bond donors (Lipinski definition) is 1. The van der Waals surface area contributed by atoms with E-state index in [0.29, 0.717) is 11.3 Å². The van der Waals surface area contributed by atoms with Gasteiger partial charge in [-0.25, -0.2) is 9.97 Å². The lowest BCUT2D eigenvalue weighted by molar-refractivity contribution is 0.0827. The minimum absolute atomic E-state index is 0.122. The fourth-order valence-electron chi connectivity index (χ4n) is 1.61. The fourth-order valence-corrected chi connectivity index (χ4v) is 1.61. The first kappa shape index (κ1) is 13.7. The molecule has 0 aliphatic carbocycles. The summed E-state index contributed by atoms with van der Waals surface area (Å²) in [6, 6.07) is 8.27. The van der Waals surface area contributed by atoms with E-state index in [1.54, 1.807) is 38.4 Å². The van der Waals surface area contributed by atoms with Crippen molar-refractivity contribution in [2.75, 3.05) is 19.4 Å². The molecule has 0 unspecified atom stereocenters. The van der Waals surface area contributed by atoms with Crippen LogP contribution in [0.1, 0.15) is 20.8 Å². The minimum atomic E-state index is -0.346. The number of aromatic nitrogens is 2. The van der Waals surface area contributed by atoms with Gasteiger partial charge in [0.15, 0.2) is 0 Å². The number of anilines is 1. The Morgan fingerprint density at radius 2 is 2.00 bits per heavy atom. The maximum atomic E-state index is 11.9. The van der Waals surface area contributed by atoms with Gasteiger partial charge in [0.05, 0.1) is 0 Å². The predicted octanol–water partition coefficient (Wildman–Crippen LogP) is 1.43. The second kappa shape index (κ2) is 5.92. The van der Waals surface area contributed by atoms with Crippen LogP contribution >= 0.6 is 0 Å². The summed E-state index contributed by atoms with van der Waals surface area (Å²) in [6.07, 6.45) is 2.80. The van der Waals surface area contributed by atoms with Crippen molar-refractivity contribution in [2.24, 2.45) is 0 Å². The fraction of sp³-hybridized carbons (Fsp3) is 0.143. The summed E-state index contributed by atoms with van der Waals surface area (Å²) in [5, 5.41) is 2.69. The van der Waals surface area contributed by atoms with E-state index in [4.69, 9.17) is 0 Å². The Labute approximate surface area is 116 Å². The van der Waals surface area contributed by atoms with E-state index in [2.05, 4.69) is 15.3 Å². The number of benzene rings is 1. The van der Waals surface area contributed by atoms with Crippen LogP contribution in [-0.2, 0) is 0 Å². The van der Waals surface area contributed by atoms with E-state index in [0.717, 1.165) is 0 Å². The first-order valence-corrected chi connectivity index (χ1v) is 5.97. The maximum Gasteiger partial charge on any atom is 0.274 e. The highest BCUT2D eigenvalue weighted by Gasteiger charge is 2.10. The average molecular weight is 270 g/mol. The monoisotopic (exact) mass is 270 g/mol. The number of amides is 2. The van der Waals surface area contributed by atoms with Crippen molar-refractivity contribution in [1.29, 1.82) is 0 Å². The van der Waals surface area contributed by atoms with Crippen molar-refractivity contribution in [3.8, 4) is 0 Å². The van der Waals surface area contributed by atoms with Gasteiger partial charge in [-0.2, -0.15) is 0 Å². The Morgan fingerprint density at radius 1 is 1.20 bits per heavy atom. The van der Waals surface area contributed by atoms with E-state index >= 15 is 0 Å². The molecule has 1 N–H and O–H groups in total. The zero-order chi connectivity index (χ0) is 14.5. The van der Waals surface area contributed by atoms with E-state index in [9.17, 15) is 9.59 Å². The summed E-state index contributed by atoms with van der Waals surface area (Å²) in [5.41, 5.74) is 1.32. The number of rotatable bonds is 3. The molecule has 2 aromatic rings. The number of nitrogens with zero attached hydrogens (tertiary/aromatic N) is 3. The first-order chi connectivity index (χ1) is 9.58. The Morgan fingerprint density at radius 3 is 2.65 bits per heavy atom. The molecule has 20 heavy (non-hydrogen) atoms. The Bertz CT molecular complexity index is 626. The summed E-state index contributed by atoms with van der Waals surface area (Å²) in [4.78, 5) is 32.9. The lowest BCUT2D eigenvalue weighted by atomic mass is 10.2. The predicted molar refractivity (Wildman–Crippen MR) is 74.4 cm³/mol. The van der Waals surface area contributed by atoms with Gasteiger partial charge in [-0.05, 0) is 24.3 Å². The van der Waals surface area contributed by atoms with E-state index in [1.165, 1.54) is 23.5 Å². The molecule has 0 bridgehead atoms. The summed E-state index contributed by atoms with van der Waals surface area (Å²) in [6.45, 7) is 0. The molecule has 102 valence electrons. The van der Waals surface area contributed by atoms with E-state index in [-0.39, 0.29) is 17.5 Å². The van der Waals surface area contributed by atoms with Crippen LogP contribution in [0.3, 0.4) is 0 Å². The summed E-state index contributed by atoms with van der Waals surface area (Å²) >= 11 is 0. The van der Waals surface area contributed by atoms with Gasteiger partial charge in [0.25, 0.3) is 11.8 Å². The number of hydrogen-bond acceptors (Lipinski definition) is 4. The summed E-state index contributed by atoms with van der Waals surface area (Å²) in [5.74, 6) is -0.468. The lowest BCUT2D eigenvalue weighted by Gasteiger charge is -2.11. The third kappa shape index (κ3) is 3.17. The molecule has 1 aromatic heterocycles. The Kier molecular flexibility index (Phi) is 4.05. The molecule has 1 aromatic carbocycles. The highest BCUT2D eigenvalue weighted by molar-refractivity contribution is 6.03. The van der Waals surface area contributed by atoms with Gasteiger partial charge in [-0.15, -0.1) is 0 Å². The quantitative estimate of drug-likeness (QED) is 0.915. The lowest BCUT2D eigenvalue weighted by Crippen LogP contribution is -2.22. The Balaban J connectivity index is 2.16. The highest BCUT2D eigenvalue weighted by atomic mass is 16.2. The molecule has 0 radical (unpaired) electrons. The average Bonchev–Trinajstić information content (AvgIpc) is 2.47. The van der Waals surface area contributed by atoms with Gasteiger partial charge < -0.3 is 10.2 Å². The third-order valence-electron chi connectivity index (χ3n) is 2.59. The second-order valence-electron chi connectivity index (χ2n) is 4.33. The molecule has 0 spiro atoms. The zero-order valence-electron chi connectivity index (χ0n) is 11.2. The van der Waals surface area contributed by atoms with Crippen molar-refractivity contribution in [1.82, 2.24) is 14.9 Å². The molecule has 0 saturated carbocycles. The molecular weight excluding hydrogens is 256 g/mol. The Hall–Kier alpha value is -2.76. The van der Waals surface area contributed by atoms with Gasteiger partial charge in [0, 0.05) is 31.5 Å². The van der Waals surface area contributed by atoms with E-state index in [1.807, 2.05) is 0 Å². The van der Waals surface area contributed by atoms with Crippen LogP contribution in [0.25, 0.3) is 0 Å². The SMILES string of the molecule is CN(C)C(=O)c1cccc(NC(=O)c2ccncn2)c1. The van der Waals surface area contributed by atoms with Crippen LogP contribution in [-0.4, -0.2) is 40.8 Å². The molecule has 2 rings (SSSR count). The van der Waals surface area contributed by atoms with Gasteiger partial charge in [-0.1, -0.05) is 6.07 Å². The van der Waals surface area contributed by atoms with Gasteiger partial charge in [0.2, 0.25) is 0 Å². The molecule has 6 heteroatoms. The van der Waals surface area contributed by atoms with Crippen molar-refractivity contribution >= 4 is 17.5 Å². The highest BCUT2D eigenvalue weighted by Crippen LogP contribution is 2.12. The maximum absolute atomic E-state index is 11.9. The first-order valence-electron chi connectivity index (χ1n) is 5.97. The van der Waals surface area contributed by atoms with Crippen LogP contribution in [0.15, 0.2) is 42.9 Å². The van der Waals surface area contributed by atoms with Gasteiger partial charge in [0.1, 0.15) is 12.0 Å². The summed E-state index contributed by atoms with van der Waals surface area (Å²) in [7, 11) is 3.35. The van der Waals surface area contributed by atoms with Crippen molar-refractivity contribution in [2.45, 2.75) is 0 Å². The minimum Gasteiger partial charge on any atom is -0.345 e. The molecule has 0 aliphatic heterocycles. The van der Waals surface area contributed by atoms with Gasteiger partial charge in [-0.3, -0.25) is 9.59 Å². The topological polar surface area (TPSA) is 75.2 Å². The van der Waals surface area contributed by atoms with Crippen LogP contribution in [0, 0.1) is 0 Å². The molecule has 6 nitrogen and oxygen atoms in total. The van der Waals surface area contributed by atoms with Crippen molar-refractivity contribution in [3.63, 3.8) is 0 Å². The van der Waals surface area contributed by atoms with Crippen LogP contribution in [0.5, 0.6) is 0 Å². The number of carbonyl (C=O) groups is 2. The van der Waals surface area contributed by atoms with Crippen LogP contribution in [0.4, 0.5) is 5.69 Å². The normalized spacial score (nSPS) is 9.90. The van der Waals surface area contributed by atoms with Crippen LogP contribution in [0.2, 0.25) is 0 Å². The molecule has 0 fully saturated rings. The van der Waals surface area contributed by atoms with Crippen molar-refractivity contribution in [3.05, 3.63) is 54.1 Å². The van der Waals surface area contributed by atoms with E-state index < -0.39 is 0 Å². The molecular formula is C14H14N4O2. The van der Waals surface area contributed by atoms with Crippen molar-refractivity contribution < 1.29 is 9.59 Å². The summed E-state index contributed by atoms with van der Waals surface area (Å²) < 4.78 is 0. The number of carbonyl (C=O) groups excluding carboxylic acids is 2. The zero-order valence-corrected chi connectivity index (χ0v) is 11.2. The largest absolute Gasteiger partial charge is 0.345 e. The standard InChI is InChI=1S/C14H14N4O2/c1-18(2)14(20)10-4-3-5-11(8-10)17-13(19)12-6-7-15-9-16-12/h3-9H,1-2H3,(H,17,19). The molecule has 0 aliphatic rings. The third-order valence-corrected chi connectivity index (χ3v) is 2.59. The van der Waals surface area contributed by atoms with Gasteiger partial charge >= 0.3 is 0 Å². The van der Waals surface area contributed by atoms with Crippen LogP contribution < -0.4 is 5.32 Å². The molecule has 0 saturated heterocycles.